The molecule has 3 aromatic rings. The molecule has 9 heteroatoms. The van der Waals surface area contributed by atoms with Gasteiger partial charge in [-0.2, -0.15) is 11.8 Å². The summed E-state index contributed by atoms with van der Waals surface area (Å²) in [4.78, 5) is 2.52. The van der Waals surface area contributed by atoms with Gasteiger partial charge in [-0.25, -0.2) is 0 Å². The first-order valence-electron chi connectivity index (χ1n) is 18.6. The molecule has 0 aliphatic carbocycles. The van der Waals surface area contributed by atoms with Gasteiger partial charge in [0.15, 0.2) is 0 Å². The molecule has 0 bridgehead atoms. The molecule has 0 aliphatic rings. The standard InChI is InChI=1S/C12H17N3.C8H11N.C8H7N.C2H4N4/c13-11(9-12(14)15)8-4-7-10-5-2-1-3-6-10;2*9-7-6-8-4-2-1-3-5-8;1-5-6-2(3)4/h1-3,5-6,13H,4,7-9H2,(H3,14,15);1-5H,6-7,9H2;1-5H,6H2;(H4,3,4,6)/i1D,2D,3D,5D,6D;2*1D,2D,3D,4D,5D;. The van der Waals surface area contributed by atoms with Gasteiger partial charge in [-0.1, -0.05) is 90.6 Å². The van der Waals surface area contributed by atoms with Gasteiger partial charge in [-0.05, 0) is 48.9 Å². The Morgan fingerprint density at radius 2 is 1.31 bits per heavy atom. The van der Waals surface area contributed by atoms with Crippen LogP contribution in [0.4, 0.5) is 0 Å². The van der Waals surface area contributed by atoms with Crippen LogP contribution in [0.3, 0.4) is 0 Å². The molecule has 9 nitrogen and oxygen atoms in total. The van der Waals surface area contributed by atoms with Gasteiger partial charge in [-0.15, -0.1) is 4.95 Å². The average molecular weight is 541 g/mol. The maximum Gasteiger partial charge on any atom is 0.272 e. The fourth-order valence-electron chi connectivity index (χ4n) is 2.24. The van der Waals surface area contributed by atoms with Gasteiger partial charge in [0.25, 0.3) is 5.96 Å². The fourth-order valence-corrected chi connectivity index (χ4v) is 2.24. The molecule has 0 atom stereocenters. The number of nitrogens with two attached hydrogens (primary N) is 4. The van der Waals surface area contributed by atoms with Crippen LogP contribution >= 0.6 is 0 Å². The smallest absolute Gasteiger partial charge is 0.272 e. The third kappa shape index (κ3) is 22.0. The Hall–Kier alpha value is -4.99. The first-order valence-corrected chi connectivity index (χ1v) is 11.1. The highest BCUT2D eigenvalue weighted by Crippen LogP contribution is 2.05. The van der Waals surface area contributed by atoms with Gasteiger partial charge in [0.2, 0.25) is 0 Å². The molecule has 39 heavy (non-hydrogen) atoms. The summed E-state index contributed by atoms with van der Waals surface area (Å²) in [5, 5.41) is 26.0. The van der Waals surface area contributed by atoms with Crippen molar-refractivity contribution in [3.63, 3.8) is 0 Å². The molecule has 0 aliphatic heterocycles. The van der Waals surface area contributed by atoms with Gasteiger partial charge in [-0.3, -0.25) is 5.41 Å². The maximum atomic E-state index is 8.43. The monoisotopic (exact) mass is 540 g/mol. The van der Waals surface area contributed by atoms with E-state index in [0.717, 1.165) is 0 Å². The van der Waals surface area contributed by atoms with Crippen molar-refractivity contribution in [2.75, 3.05) is 6.54 Å². The number of guanidine groups is 1. The van der Waals surface area contributed by atoms with E-state index in [2.05, 4.69) is 10.1 Å². The summed E-state index contributed by atoms with van der Waals surface area (Å²) >= 11 is 0. The van der Waals surface area contributed by atoms with Crippen LogP contribution in [0.15, 0.2) is 95.7 Å². The molecule has 0 radical (unpaired) electrons. The summed E-state index contributed by atoms with van der Waals surface area (Å²) in [6.07, 6.45) is 1.42. The van der Waals surface area contributed by atoms with E-state index in [4.69, 9.17) is 66.1 Å². The molecule has 0 amide bonds. The lowest BCUT2D eigenvalue weighted by Gasteiger charge is -2.03. The van der Waals surface area contributed by atoms with E-state index >= 15 is 0 Å². The second-order valence-electron chi connectivity index (χ2n) is 6.97. The van der Waals surface area contributed by atoms with Crippen molar-refractivity contribution >= 4 is 17.5 Å². The van der Waals surface area contributed by atoms with E-state index in [1.165, 1.54) is 0 Å². The lowest BCUT2D eigenvalue weighted by atomic mass is 10.0. The minimum absolute atomic E-state index is 0.0542. The highest BCUT2D eigenvalue weighted by atomic mass is 15.2. The summed E-state index contributed by atoms with van der Waals surface area (Å²) in [6, 6.07) is -2.72. The predicted octanol–water partition coefficient (Wildman–Crippen LogP) is 4.39. The molecular weight excluding hydrogens is 486 g/mol. The highest BCUT2D eigenvalue weighted by molar-refractivity contribution is 5.99. The molecule has 0 saturated heterocycles. The van der Waals surface area contributed by atoms with Crippen molar-refractivity contribution in [3.8, 4) is 6.07 Å². The molecule has 0 fully saturated rings. The number of benzene rings is 3. The van der Waals surface area contributed by atoms with Crippen LogP contribution in [-0.2, 0) is 19.3 Å². The van der Waals surface area contributed by atoms with Crippen molar-refractivity contribution < 1.29 is 20.6 Å². The van der Waals surface area contributed by atoms with Crippen LogP contribution in [0.1, 0.15) is 56.5 Å². The zero-order chi connectivity index (χ0) is 42.2. The van der Waals surface area contributed by atoms with E-state index < -0.39 is 24.2 Å². The van der Waals surface area contributed by atoms with E-state index in [1.54, 1.807) is 6.07 Å². The SMILES string of the molecule is [2H]c1c([2H])c([2H])c(CC#N)c([2H])c1[2H].[2H]c1c([2H])c([2H])c(CCCC(=N)CC(=N)N)c([2H])c1[2H].[2H]c1c([2H])c([2H])c(CCN)c([2H])c1[2H].[C-]#[N+]N=C(N)N. The molecular formula is C30H39N9. The number of amidine groups is 1. The lowest BCUT2D eigenvalue weighted by molar-refractivity contribution is 0.856. The normalized spacial score (nSPS) is 14.2. The fraction of sp³-hybridized carbons (Fsp3) is 0.233. The molecule has 10 N–H and O–H groups in total. The first-order chi connectivity index (χ1) is 25.0. The summed E-state index contributed by atoms with van der Waals surface area (Å²) in [7, 11) is 0. The quantitative estimate of drug-likeness (QED) is 0.101. The van der Waals surface area contributed by atoms with Crippen LogP contribution < -0.4 is 22.9 Å². The van der Waals surface area contributed by atoms with Gasteiger partial charge < -0.3 is 28.3 Å². The minimum Gasteiger partial charge on any atom is -0.387 e. The number of rotatable bonds is 9. The summed E-state index contributed by atoms with van der Waals surface area (Å²) < 4.78 is 112. The third-order valence-corrected chi connectivity index (χ3v) is 3.78. The number of hydrogen-bond acceptors (Lipinski definition) is 5. The topological polar surface area (TPSA) is 192 Å². The molecule has 0 saturated carbocycles. The first kappa shape index (κ1) is 16.1. The van der Waals surface area contributed by atoms with Crippen molar-refractivity contribution in [1.29, 1.82) is 16.1 Å². The van der Waals surface area contributed by atoms with E-state index in [-0.39, 0.29) is 109 Å². The Bertz CT molecular complexity index is 1880. The summed E-state index contributed by atoms with van der Waals surface area (Å²) in [6.45, 7) is 6.28. The second kappa shape index (κ2) is 23.4. The summed E-state index contributed by atoms with van der Waals surface area (Å²) in [5.41, 5.74) is 20.9. The van der Waals surface area contributed by atoms with Crippen molar-refractivity contribution in [3.05, 3.63) is 119 Å². The zero-order valence-electron chi connectivity index (χ0n) is 36.1. The maximum absolute atomic E-state index is 8.43. The van der Waals surface area contributed by atoms with Crippen molar-refractivity contribution in [2.45, 2.75) is 38.5 Å². The van der Waals surface area contributed by atoms with E-state index in [0.29, 0.717) is 37.0 Å². The molecule has 0 spiro atoms. The number of nitriles is 1. The highest BCUT2D eigenvalue weighted by Gasteiger charge is 1.99. The Labute approximate surface area is 253 Å². The van der Waals surface area contributed by atoms with Crippen LogP contribution in [0.5, 0.6) is 0 Å². The van der Waals surface area contributed by atoms with Crippen molar-refractivity contribution in [1.82, 2.24) is 0 Å². The molecule has 204 valence electrons. The Balaban J connectivity index is 0.000000738. The molecule has 3 aromatic carbocycles. The van der Waals surface area contributed by atoms with Gasteiger partial charge in [0.1, 0.15) is 5.10 Å². The number of nitrogens with zero attached hydrogens (tertiary/aromatic N) is 3. The van der Waals surface area contributed by atoms with Crippen molar-refractivity contribution in [2.24, 2.45) is 28.0 Å². The van der Waals surface area contributed by atoms with E-state index in [1.807, 2.05) is 0 Å². The van der Waals surface area contributed by atoms with Gasteiger partial charge >= 0.3 is 0 Å². The van der Waals surface area contributed by atoms with Crippen LogP contribution in [-0.4, -0.2) is 24.1 Å². The Morgan fingerprint density at radius 3 is 1.67 bits per heavy atom. The molecule has 3 rings (SSSR count). The van der Waals surface area contributed by atoms with Crippen LogP contribution in [0.25, 0.3) is 4.95 Å². The van der Waals surface area contributed by atoms with Crippen LogP contribution in [0, 0.1) is 28.7 Å². The average Bonchev–Trinajstić information content (AvgIpc) is 3.12. The van der Waals surface area contributed by atoms with Gasteiger partial charge in [0.05, 0.1) is 38.9 Å². The van der Waals surface area contributed by atoms with Crippen LogP contribution in [0.2, 0.25) is 0 Å². The third-order valence-electron chi connectivity index (χ3n) is 3.78. The van der Waals surface area contributed by atoms with Gasteiger partial charge in [0, 0.05) is 12.1 Å². The Kier molecular flexibility index (Phi) is 9.65. The molecule has 0 unspecified atom stereocenters. The number of hydrogen-bond donors (Lipinski definition) is 6. The Morgan fingerprint density at radius 1 is 0.846 bits per heavy atom. The summed E-state index contributed by atoms with van der Waals surface area (Å²) in [5.74, 6) is -0.261. The lowest BCUT2D eigenvalue weighted by Crippen LogP contribution is -2.21. The second-order valence-corrected chi connectivity index (χ2v) is 6.97. The largest absolute Gasteiger partial charge is 0.387 e. The number of nitrogens with one attached hydrogen (secondary N) is 2. The molecule has 0 heterocycles. The molecule has 0 aromatic heterocycles. The predicted molar refractivity (Wildman–Crippen MR) is 161 cm³/mol. The minimum atomic E-state index is -0.429. The zero-order valence-corrected chi connectivity index (χ0v) is 21.1. The van der Waals surface area contributed by atoms with E-state index in [9.17, 15) is 0 Å².